The van der Waals surface area contributed by atoms with Gasteiger partial charge in [-0.1, -0.05) is 22.0 Å². The van der Waals surface area contributed by atoms with E-state index in [1.54, 1.807) is 29.2 Å². The van der Waals surface area contributed by atoms with Crippen LogP contribution in [-0.2, 0) is 16.1 Å². The Kier molecular flexibility index (Phi) is 4.52. The van der Waals surface area contributed by atoms with Crippen LogP contribution in [0.4, 0.5) is 5.69 Å². The van der Waals surface area contributed by atoms with Crippen molar-refractivity contribution >= 4 is 33.4 Å². The van der Waals surface area contributed by atoms with E-state index >= 15 is 0 Å². The normalized spacial score (nSPS) is 17.6. The van der Waals surface area contributed by atoms with Crippen LogP contribution < -0.4 is 4.90 Å². The molecule has 0 saturated carbocycles. The van der Waals surface area contributed by atoms with Gasteiger partial charge in [-0.15, -0.1) is 0 Å². The second-order valence-electron chi connectivity index (χ2n) is 5.58. The number of benzene rings is 1. The van der Waals surface area contributed by atoms with E-state index in [9.17, 15) is 9.59 Å². The van der Waals surface area contributed by atoms with Crippen molar-refractivity contribution in [2.75, 3.05) is 18.5 Å². The quantitative estimate of drug-likeness (QED) is 0.770. The first-order chi connectivity index (χ1) is 11.1. The first kappa shape index (κ1) is 15.8. The number of hydrogen-bond donors (Lipinski definition) is 0. The highest BCUT2D eigenvalue weighted by Gasteiger charge is 2.39. The minimum atomic E-state index is -0.617. The van der Waals surface area contributed by atoms with Gasteiger partial charge in [0.1, 0.15) is 11.7 Å². The lowest BCUT2D eigenvalue weighted by Crippen LogP contribution is -2.37. The van der Waals surface area contributed by atoms with Crippen LogP contribution in [0.1, 0.15) is 12.2 Å². The summed E-state index contributed by atoms with van der Waals surface area (Å²) in [5.74, 6) is -0.215. The van der Waals surface area contributed by atoms with E-state index in [-0.39, 0.29) is 11.8 Å². The maximum absolute atomic E-state index is 12.6. The summed E-state index contributed by atoms with van der Waals surface area (Å²) in [6.45, 7) is 0.923. The van der Waals surface area contributed by atoms with E-state index in [1.165, 1.54) is 0 Å². The van der Waals surface area contributed by atoms with Crippen LogP contribution in [0.2, 0.25) is 0 Å². The lowest BCUT2D eigenvalue weighted by Gasteiger charge is -2.20. The second kappa shape index (κ2) is 6.58. The third-order valence-electron chi connectivity index (χ3n) is 3.97. The largest absolute Gasteiger partial charge is 0.467 e. The number of rotatable bonds is 4. The number of halogens is 1. The molecule has 0 aliphatic carbocycles. The van der Waals surface area contributed by atoms with Crippen LogP contribution >= 0.6 is 15.9 Å². The Bertz CT molecular complexity index is 714. The van der Waals surface area contributed by atoms with Crippen LogP contribution in [0.25, 0.3) is 0 Å². The Labute approximate surface area is 143 Å². The van der Waals surface area contributed by atoms with Crippen LogP contribution in [0, 0.1) is 5.92 Å². The highest BCUT2D eigenvalue weighted by atomic mass is 79.9. The van der Waals surface area contributed by atoms with E-state index in [0.29, 0.717) is 25.3 Å². The van der Waals surface area contributed by atoms with Gasteiger partial charge in [0.25, 0.3) is 0 Å². The third kappa shape index (κ3) is 3.32. The summed E-state index contributed by atoms with van der Waals surface area (Å²) >= 11 is 3.41. The monoisotopic (exact) mass is 376 g/mol. The van der Waals surface area contributed by atoms with Gasteiger partial charge in [0.05, 0.1) is 12.8 Å². The number of furan rings is 1. The topological polar surface area (TPSA) is 53.8 Å². The standard InChI is InChI=1S/C17H17BrN2O3/c1-19(11-14-6-3-9-23-14)16(21)15-7-8-20(17(15)22)13-5-2-4-12(18)10-13/h2-6,9-10,15H,7-8,11H2,1H3. The molecule has 2 amide bonds. The zero-order valence-electron chi connectivity index (χ0n) is 12.7. The van der Waals surface area contributed by atoms with Gasteiger partial charge >= 0.3 is 0 Å². The number of hydrogen-bond acceptors (Lipinski definition) is 3. The van der Waals surface area contributed by atoms with Crippen LogP contribution in [-0.4, -0.2) is 30.3 Å². The molecule has 1 aliphatic heterocycles. The molecule has 120 valence electrons. The maximum atomic E-state index is 12.6. The number of amides is 2. The molecule has 1 aliphatic rings. The predicted octanol–water partition coefficient (Wildman–Crippen LogP) is 3.05. The van der Waals surface area contributed by atoms with Crippen molar-refractivity contribution in [1.29, 1.82) is 0 Å². The van der Waals surface area contributed by atoms with Gasteiger partial charge in [0, 0.05) is 23.8 Å². The molecule has 0 radical (unpaired) electrons. The van der Waals surface area contributed by atoms with E-state index in [0.717, 1.165) is 10.2 Å². The highest BCUT2D eigenvalue weighted by Crippen LogP contribution is 2.28. The van der Waals surface area contributed by atoms with Crippen molar-refractivity contribution in [3.8, 4) is 0 Å². The zero-order chi connectivity index (χ0) is 16.4. The van der Waals surface area contributed by atoms with Gasteiger partial charge in [-0.05, 0) is 36.8 Å². The summed E-state index contributed by atoms with van der Waals surface area (Å²) in [6, 6.07) is 11.1. The number of nitrogens with zero attached hydrogens (tertiary/aromatic N) is 2. The molecule has 1 aromatic carbocycles. The Morgan fingerprint density at radius 3 is 2.91 bits per heavy atom. The fourth-order valence-electron chi connectivity index (χ4n) is 2.79. The van der Waals surface area contributed by atoms with Crippen molar-refractivity contribution in [1.82, 2.24) is 4.90 Å². The predicted molar refractivity (Wildman–Crippen MR) is 89.8 cm³/mol. The molecule has 1 unspecified atom stereocenters. The van der Waals surface area contributed by atoms with Gasteiger partial charge in [0.2, 0.25) is 11.8 Å². The Balaban J connectivity index is 1.69. The zero-order valence-corrected chi connectivity index (χ0v) is 14.3. The summed E-state index contributed by atoms with van der Waals surface area (Å²) < 4.78 is 6.16. The molecule has 1 aromatic heterocycles. The van der Waals surface area contributed by atoms with Crippen molar-refractivity contribution in [3.05, 3.63) is 52.9 Å². The first-order valence-corrected chi connectivity index (χ1v) is 8.20. The smallest absolute Gasteiger partial charge is 0.239 e. The first-order valence-electron chi connectivity index (χ1n) is 7.40. The molecule has 1 saturated heterocycles. The Morgan fingerprint density at radius 2 is 2.22 bits per heavy atom. The number of carbonyl (C=O) groups excluding carboxylic acids is 2. The molecule has 2 heterocycles. The van der Waals surface area contributed by atoms with Gasteiger partial charge in [-0.2, -0.15) is 0 Å². The molecule has 3 rings (SSSR count). The minimum Gasteiger partial charge on any atom is -0.467 e. The lowest BCUT2D eigenvalue weighted by atomic mass is 10.1. The molecular weight excluding hydrogens is 360 g/mol. The molecule has 5 nitrogen and oxygen atoms in total. The third-order valence-corrected chi connectivity index (χ3v) is 4.47. The lowest BCUT2D eigenvalue weighted by molar-refractivity contribution is -0.139. The van der Waals surface area contributed by atoms with E-state index in [1.807, 2.05) is 30.3 Å². The van der Waals surface area contributed by atoms with Crippen molar-refractivity contribution < 1.29 is 14.0 Å². The van der Waals surface area contributed by atoms with Gasteiger partial charge in [-0.3, -0.25) is 9.59 Å². The molecule has 23 heavy (non-hydrogen) atoms. The van der Waals surface area contributed by atoms with Crippen LogP contribution in [0.5, 0.6) is 0 Å². The second-order valence-corrected chi connectivity index (χ2v) is 6.50. The number of anilines is 1. The van der Waals surface area contributed by atoms with Gasteiger partial charge in [0.15, 0.2) is 0 Å². The molecular formula is C17H17BrN2O3. The average molecular weight is 377 g/mol. The van der Waals surface area contributed by atoms with E-state index in [2.05, 4.69) is 15.9 Å². The van der Waals surface area contributed by atoms with Crippen molar-refractivity contribution in [3.63, 3.8) is 0 Å². The average Bonchev–Trinajstić information content (AvgIpc) is 3.16. The van der Waals surface area contributed by atoms with E-state index in [4.69, 9.17) is 4.42 Å². The van der Waals surface area contributed by atoms with Crippen LogP contribution in [0.15, 0.2) is 51.6 Å². The van der Waals surface area contributed by atoms with E-state index < -0.39 is 5.92 Å². The van der Waals surface area contributed by atoms with Crippen molar-refractivity contribution in [2.45, 2.75) is 13.0 Å². The fourth-order valence-corrected chi connectivity index (χ4v) is 3.18. The summed E-state index contributed by atoms with van der Waals surface area (Å²) in [4.78, 5) is 28.4. The van der Waals surface area contributed by atoms with Crippen molar-refractivity contribution in [2.24, 2.45) is 5.92 Å². The molecule has 0 bridgehead atoms. The molecule has 1 atom stereocenters. The highest BCUT2D eigenvalue weighted by molar-refractivity contribution is 9.10. The molecule has 2 aromatic rings. The molecule has 1 fully saturated rings. The fraction of sp³-hybridized carbons (Fsp3) is 0.294. The Morgan fingerprint density at radius 1 is 1.39 bits per heavy atom. The maximum Gasteiger partial charge on any atom is 0.239 e. The molecule has 0 spiro atoms. The van der Waals surface area contributed by atoms with Gasteiger partial charge in [-0.25, -0.2) is 0 Å². The molecule has 0 N–H and O–H groups in total. The van der Waals surface area contributed by atoms with Crippen LogP contribution in [0.3, 0.4) is 0 Å². The minimum absolute atomic E-state index is 0.139. The molecule has 6 heteroatoms. The SMILES string of the molecule is CN(Cc1ccco1)C(=O)C1CCN(c2cccc(Br)c2)C1=O. The summed E-state index contributed by atoms with van der Waals surface area (Å²) in [5, 5.41) is 0. The summed E-state index contributed by atoms with van der Waals surface area (Å²) in [6.07, 6.45) is 2.11. The number of carbonyl (C=O) groups is 2. The summed E-state index contributed by atoms with van der Waals surface area (Å²) in [5.41, 5.74) is 0.813. The van der Waals surface area contributed by atoms with Gasteiger partial charge < -0.3 is 14.2 Å². The summed E-state index contributed by atoms with van der Waals surface area (Å²) in [7, 11) is 1.69. The Hall–Kier alpha value is -2.08.